The zero-order valence-corrected chi connectivity index (χ0v) is 10.2. The minimum Gasteiger partial charge on any atom is -0.340 e. The van der Waals surface area contributed by atoms with E-state index in [2.05, 4.69) is 14.9 Å². The van der Waals surface area contributed by atoms with Gasteiger partial charge < -0.3 is 4.52 Å². The molecule has 0 spiro atoms. The lowest BCUT2D eigenvalue weighted by Crippen LogP contribution is -2.23. The molecule has 0 radical (unpaired) electrons. The molecule has 96 valence electrons. The molecule has 0 aliphatic heterocycles. The Morgan fingerprint density at radius 1 is 1.33 bits per heavy atom. The molecule has 6 nitrogen and oxygen atoms in total. The molecule has 0 bridgehead atoms. The predicted molar refractivity (Wildman–Crippen MR) is 59.5 cm³/mol. The fourth-order valence-corrected chi connectivity index (χ4v) is 2.25. The van der Waals surface area contributed by atoms with Crippen molar-refractivity contribution in [2.24, 2.45) is 0 Å². The van der Waals surface area contributed by atoms with Gasteiger partial charge in [-0.25, -0.2) is 17.5 Å². The lowest BCUT2D eigenvalue weighted by molar-refractivity contribution is 0.387. The Morgan fingerprint density at radius 3 is 2.56 bits per heavy atom. The van der Waals surface area contributed by atoms with Crippen LogP contribution in [0.2, 0.25) is 0 Å². The first-order valence-corrected chi connectivity index (χ1v) is 6.50. The molecule has 18 heavy (non-hydrogen) atoms. The highest BCUT2D eigenvalue weighted by atomic mass is 32.2. The summed E-state index contributed by atoms with van der Waals surface area (Å²) in [7, 11) is -3.70. The predicted octanol–water partition coefficient (Wildman–Crippen LogP) is 0.996. The minimum atomic E-state index is -3.70. The van der Waals surface area contributed by atoms with Crippen LogP contribution in [-0.2, 0) is 16.6 Å². The SMILES string of the molecule is Cc1nc(CNS(=O)(=O)c2ccc(F)cc2)no1. The minimum absolute atomic E-state index is 0.0240. The van der Waals surface area contributed by atoms with Gasteiger partial charge in [-0.2, -0.15) is 4.98 Å². The van der Waals surface area contributed by atoms with Gasteiger partial charge in [0, 0.05) is 6.92 Å². The lowest BCUT2D eigenvalue weighted by atomic mass is 10.4. The molecule has 0 unspecified atom stereocenters. The second-order valence-electron chi connectivity index (χ2n) is 3.51. The van der Waals surface area contributed by atoms with Crippen LogP contribution < -0.4 is 4.72 Å². The van der Waals surface area contributed by atoms with E-state index in [1.165, 1.54) is 12.1 Å². The van der Waals surface area contributed by atoms with Crippen LogP contribution in [0.5, 0.6) is 0 Å². The second-order valence-corrected chi connectivity index (χ2v) is 5.28. The molecule has 0 saturated heterocycles. The molecule has 0 aliphatic rings. The van der Waals surface area contributed by atoms with E-state index in [9.17, 15) is 12.8 Å². The topological polar surface area (TPSA) is 85.1 Å². The Kier molecular flexibility index (Phi) is 3.39. The Morgan fingerprint density at radius 2 is 2.00 bits per heavy atom. The molecule has 0 atom stereocenters. The van der Waals surface area contributed by atoms with Crippen LogP contribution in [0.25, 0.3) is 0 Å². The highest BCUT2D eigenvalue weighted by Gasteiger charge is 2.15. The largest absolute Gasteiger partial charge is 0.340 e. The van der Waals surface area contributed by atoms with Crippen molar-refractivity contribution < 1.29 is 17.3 Å². The summed E-state index contributed by atoms with van der Waals surface area (Å²) >= 11 is 0. The van der Waals surface area contributed by atoms with Crippen molar-refractivity contribution in [2.75, 3.05) is 0 Å². The van der Waals surface area contributed by atoms with E-state index in [4.69, 9.17) is 4.52 Å². The van der Waals surface area contributed by atoms with E-state index in [0.717, 1.165) is 12.1 Å². The maximum absolute atomic E-state index is 12.7. The van der Waals surface area contributed by atoms with Crippen molar-refractivity contribution in [2.45, 2.75) is 18.4 Å². The molecule has 1 heterocycles. The van der Waals surface area contributed by atoms with Gasteiger partial charge in [0.15, 0.2) is 5.82 Å². The molecule has 8 heteroatoms. The van der Waals surface area contributed by atoms with Gasteiger partial charge in [0.1, 0.15) is 5.82 Å². The van der Waals surface area contributed by atoms with Gasteiger partial charge in [0.05, 0.1) is 11.4 Å². The fourth-order valence-electron chi connectivity index (χ4n) is 1.27. The molecule has 1 aromatic carbocycles. The van der Waals surface area contributed by atoms with Crippen molar-refractivity contribution in [3.8, 4) is 0 Å². The Balaban J connectivity index is 2.10. The maximum Gasteiger partial charge on any atom is 0.240 e. The van der Waals surface area contributed by atoms with Crippen LogP contribution in [0.1, 0.15) is 11.7 Å². The third-order valence-corrected chi connectivity index (χ3v) is 3.53. The first-order valence-electron chi connectivity index (χ1n) is 5.02. The summed E-state index contributed by atoms with van der Waals surface area (Å²) in [5, 5.41) is 3.55. The molecular weight excluding hydrogens is 261 g/mol. The average Bonchev–Trinajstić information content (AvgIpc) is 2.73. The molecule has 0 aliphatic carbocycles. The number of hydrogen-bond donors (Lipinski definition) is 1. The van der Waals surface area contributed by atoms with E-state index in [1.54, 1.807) is 6.92 Å². The summed E-state index contributed by atoms with van der Waals surface area (Å²) < 4.78 is 43.3. The second kappa shape index (κ2) is 4.83. The Hall–Kier alpha value is -1.80. The van der Waals surface area contributed by atoms with Crippen LogP contribution in [-0.4, -0.2) is 18.6 Å². The summed E-state index contributed by atoms with van der Waals surface area (Å²) in [4.78, 5) is 3.83. The molecule has 0 amide bonds. The van der Waals surface area contributed by atoms with Crippen LogP contribution >= 0.6 is 0 Å². The maximum atomic E-state index is 12.7. The standard InChI is InChI=1S/C10H10FN3O3S/c1-7-13-10(14-17-7)6-12-18(15,16)9-4-2-8(11)3-5-9/h2-5,12H,6H2,1H3. The fraction of sp³-hybridized carbons (Fsp3) is 0.200. The van der Waals surface area contributed by atoms with Gasteiger partial charge in [0.2, 0.25) is 15.9 Å². The van der Waals surface area contributed by atoms with Gasteiger partial charge in [-0.3, -0.25) is 0 Å². The number of aryl methyl sites for hydroxylation is 1. The first kappa shape index (κ1) is 12.7. The van der Waals surface area contributed by atoms with E-state index in [0.29, 0.717) is 5.89 Å². The summed E-state index contributed by atoms with van der Waals surface area (Å²) in [6.07, 6.45) is 0. The van der Waals surface area contributed by atoms with Crippen LogP contribution in [0, 0.1) is 12.7 Å². The number of hydrogen-bond acceptors (Lipinski definition) is 5. The number of halogens is 1. The number of aromatic nitrogens is 2. The average molecular weight is 271 g/mol. The van der Waals surface area contributed by atoms with Gasteiger partial charge in [0.25, 0.3) is 0 Å². The highest BCUT2D eigenvalue weighted by molar-refractivity contribution is 7.89. The number of benzene rings is 1. The number of rotatable bonds is 4. The van der Waals surface area contributed by atoms with Crippen LogP contribution in [0.4, 0.5) is 4.39 Å². The molecule has 2 rings (SSSR count). The van der Waals surface area contributed by atoms with Crippen molar-refractivity contribution in [3.05, 3.63) is 41.8 Å². The summed E-state index contributed by atoms with van der Waals surface area (Å²) in [6, 6.07) is 4.51. The summed E-state index contributed by atoms with van der Waals surface area (Å²) in [5.41, 5.74) is 0. The molecule has 2 aromatic rings. The van der Waals surface area contributed by atoms with Crippen molar-refractivity contribution in [3.63, 3.8) is 0 Å². The number of sulfonamides is 1. The Bertz CT molecular complexity index is 637. The Labute approximate surface area is 103 Å². The smallest absolute Gasteiger partial charge is 0.240 e. The van der Waals surface area contributed by atoms with Gasteiger partial charge >= 0.3 is 0 Å². The van der Waals surface area contributed by atoms with Crippen molar-refractivity contribution in [1.82, 2.24) is 14.9 Å². The summed E-state index contributed by atoms with van der Waals surface area (Å²) in [6.45, 7) is 1.52. The third kappa shape index (κ3) is 2.90. The van der Waals surface area contributed by atoms with E-state index >= 15 is 0 Å². The van der Waals surface area contributed by atoms with E-state index < -0.39 is 15.8 Å². The highest BCUT2D eigenvalue weighted by Crippen LogP contribution is 2.09. The molecule has 0 saturated carbocycles. The first-order chi connectivity index (χ1) is 8.47. The van der Waals surface area contributed by atoms with Gasteiger partial charge in [-0.15, -0.1) is 0 Å². The normalized spacial score (nSPS) is 11.7. The van der Waals surface area contributed by atoms with E-state index in [-0.39, 0.29) is 17.3 Å². The van der Waals surface area contributed by atoms with Gasteiger partial charge in [-0.1, -0.05) is 5.16 Å². The lowest BCUT2D eigenvalue weighted by Gasteiger charge is -2.04. The molecule has 1 aromatic heterocycles. The van der Waals surface area contributed by atoms with Crippen LogP contribution in [0.15, 0.2) is 33.7 Å². The molecule has 0 fully saturated rings. The van der Waals surface area contributed by atoms with Crippen molar-refractivity contribution in [1.29, 1.82) is 0 Å². The zero-order valence-electron chi connectivity index (χ0n) is 9.42. The molecular formula is C10H10FN3O3S. The van der Waals surface area contributed by atoms with Crippen LogP contribution in [0.3, 0.4) is 0 Å². The zero-order chi connectivity index (χ0) is 13.2. The third-order valence-electron chi connectivity index (χ3n) is 2.11. The number of nitrogens with one attached hydrogen (secondary N) is 1. The van der Waals surface area contributed by atoms with Crippen molar-refractivity contribution >= 4 is 10.0 Å². The number of nitrogens with zero attached hydrogens (tertiary/aromatic N) is 2. The monoisotopic (exact) mass is 271 g/mol. The summed E-state index contributed by atoms with van der Waals surface area (Å²) in [5.74, 6) is 0.0897. The van der Waals surface area contributed by atoms with E-state index in [1.807, 2.05) is 0 Å². The van der Waals surface area contributed by atoms with Gasteiger partial charge in [-0.05, 0) is 24.3 Å². The quantitative estimate of drug-likeness (QED) is 0.896. The molecule has 1 N–H and O–H groups in total.